The van der Waals surface area contributed by atoms with Gasteiger partial charge in [0.25, 0.3) is 0 Å². The number of ketones is 1. The molecule has 2 aromatic carbocycles. The molecule has 9 heteroatoms. The lowest BCUT2D eigenvalue weighted by Gasteiger charge is -2.19. The van der Waals surface area contributed by atoms with Gasteiger partial charge in [-0.1, -0.05) is 25.4 Å². The predicted molar refractivity (Wildman–Crippen MR) is 109 cm³/mol. The van der Waals surface area contributed by atoms with E-state index in [-0.39, 0.29) is 28.6 Å². The first kappa shape index (κ1) is 22.9. The molecule has 0 saturated carbocycles. The SMILES string of the molecule is CCN(CC)S(=O)(=O)c1cc(C(=O)OCC(=O)c2ccc(OC)cc2)ccc1Cl. The first-order valence-corrected chi connectivity index (χ1v) is 10.7. The van der Waals surface area contributed by atoms with Crippen molar-refractivity contribution >= 4 is 33.4 Å². The number of rotatable bonds is 9. The van der Waals surface area contributed by atoms with Gasteiger partial charge in [-0.3, -0.25) is 4.79 Å². The lowest BCUT2D eigenvalue weighted by molar-refractivity contribution is 0.0474. The van der Waals surface area contributed by atoms with Crippen molar-refractivity contribution in [1.82, 2.24) is 4.31 Å². The fraction of sp³-hybridized carbons (Fsp3) is 0.300. The molecule has 0 spiro atoms. The number of methoxy groups -OCH3 is 1. The van der Waals surface area contributed by atoms with Crippen LogP contribution in [0, 0.1) is 0 Å². The van der Waals surface area contributed by atoms with Gasteiger partial charge >= 0.3 is 5.97 Å². The van der Waals surface area contributed by atoms with Crippen molar-refractivity contribution in [3.05, 3.63) is 58.6 Å². The summed E-state index contributed by atoms with van der Waals surface area (Å²) in [6.45, 7) is 3.46. The van der Waals surface area contributed by atoms with E-state index >= 15 is 0 Å². The maximum absolute atomic E-state index is 12.7. The Morgan fingerprint density at radius 3 is 2.14 bits per heavy atom. The Hall–Kier alpha value is -2.42. The molecule has 0 heterocycles. The zero-order chi connectivity index (χ0) is 21.6. The van der Waals surface area contributed by atoms with Crippen LogP contribution in [0.3, 0.4) is 0 Å². The third-order valence-corrected chi connectivity index (χ3v) is 6.77. The highest BCUT2D eigenvalue weighted by Gasteiger charge is 2.26. The van der Waals surface area contributed by atoms with Gasteiger partial charge in [0.2, 0.25) is 10.0 Å². The number of Topliss-reactive ketones (excluding diaryl/α,β-unsaturated/α-hetero) is 1. The van der Waals surface area contributed by atoms with Gasteiger partial charge in [-0.2, -0.15) is 4.31 Å². The van der Waals surface area contributed by atoms with Crippen LogP contribution in [-0.2, 0) is 14.8 Å². The first-order chi connectivity index (χ1) is 13.7. The minimum Gasteiger partial charge on any atom is -0.497 e. The van der Waals surface area contributed by atoms with Crippen LogP contribution < -0.4 is 4.74 Å². The Balaban J connectivity index is 2.16. The van der Waals surface area contributed by atoms with Crippen molar-refractivity contribution < 1.29 is 27.5 Å². The van der Waals surface area contributed by atoms with Crippen LogP contribution in [0.4, 0.5) is 0 Å². The number of benzene rings is 2. The van der Waals surface area contributed by atoms with Crippen molar-refractivity contribution in [3.63, 3.8) is 0 Å². The van der Waals surface area contributed by atoms with Crippen LogP contribution in [0.5, 0.6) is 5.75 Å². The van der Waals surface area contributed by atoms with Gasteiger partial charge in [-0.05, 0) is 42.5 Å². The quantitative estimate of drug-likeness (QED) is 0.439. The number of halogens is 1. The highest BCUT2D eigenvalue weighted by Crippen LogP contribution is 2.26. The molecule has 0 unspecified atom stereocenters. The van der Waals surface area contributed by atoms with Gasteiger partial charge in [0.15, 0.2) is 12.4 Å². The topological polar surface area (TPSA) is 90.0 Å². The smallest absolute Gasteiger partial charge is 0.338 e. The van der Waals surface area contributed by atoms with E-state index in [1.165, 1.54) is 23.5 Å². The minimum atomic E-state index is -3.85. The minimum absolute atomic E-state index is 0.00255. The van der Waals surface area contributed by atoms with E-state index < -0.39 is 28.4 Å². The Morgan fingerprint density at radius 1 is 1.00 bits per heavy atom. The molecule has 0 amide bonds. The molecule has 0 saturated heterocycles. The van der Waals surface area contributed by atoms with Crippen molar-refractivity contribution in [2.45, 2.75) is 18.7 Å². The van der Waals surface area contributed by atoms with Gasteiger partial charge in [-0.25, -0.2) is 13.2 Å². The van der Waals surface area contributed by atoms with Crippen LogP contribution >= 0.6 is 11.6 Å². The van der Waals surface area contributed by atoms with Gasteiger partial charge in [0.05, 0.1) is 17.7 Å². The largest absolute Gasteiger partial charge is 0.497 e. The van der Waals surface area contributed by atoms with Crippen LogP contribution in [-0.4, -0.2) is 51.3 Å². The zero-order valence-electron chi connectivity index (χ0n) is 16.3. The first-order valence-electron chi connectivity index (χ1n) is 8.88. The molecule has 0 radical (unpaired) electrons. The molecule has 0 atom stereocenters. The third-order valence-electron chi connectivity index (χ3n) is 4.24. The number of ether oxygens (including phenoxy) is 2. The molecule has 0 bridgehead atoms. The van der Waals surface area contributed by atoms with Crippen molar-refractivity contribution in [3.8, 4) is 5.75 Å². The highest BCUT2D eigenvalue weighted by molar-refractivity contribution is 7.89. The summed E-state index contributed by atoms with van der Waals surface area (Å²) in [6, 6.07) is 10.2. The lowest BCUT2D eigenvalue weighted by atomic mass is 10.1. The molecule has 2 aromatic rings. The molecule has 2 rings (SSSR count). The number of hydrogen-bond acceptors (Lipinski definition) is 6. The summed E-state index contributed by atoms with van der Waals surface area (Å²) >= 11 is 6.05. The van der Waals surface area contributed by atoms with Crippen LogP contribution in [0.15, 0.2) is 47.4 Å². The average molecular weight is 440 g/mol. The van der Waals surface area contributed by atoms with Crippen LogP contribution in [0.2, 0.25) is 5.02 Å². The van der Waals surface area contributed by atoms with E-state index in [2.05, 4.69) is 0 Å². The maximum Gasteiger partial charge on any atom is 0.338 e. The number of sulfonamides is 1. The van der Waals surface area contributed by atoms with Crippen LogP contribution in [0.25, 0.3) is 0 Å². The van der Waals surface area contributed by atoms with E-state index in [0.29, 0.717) is 11.3 Å². The molecule has 7 nitrogen and oxygen atoms in total. The molecule has 156 valence electrons. The number of nitrogens with zero attached hydrogens (tertiary/aromatic N) is 1. The molecular formula is C20H22ClNO6S. The summed E-state index contributed by atoms with van der Waals surface area (Å²) in [5, 5.41) is 0.00255. The van der Waals surface area contributed by atoms with Gasteiger partial charge in [0, 0.05) is 18.7 Å². The van der Waals surface area contributed by atoms with E-state index in [4.69, 9.17) is 21.1 Å². The van der Waals surface area contributed by atoms with Gasteiger partial charge < -0.3 is 9.47 Å². The standard InChI is InChI=1S/C20H22ClNO6S/c1-4-22(5-2)29(25,26)19-12-15(8-11-17(19)21)20(24)28-13-18(23)14-6-9-16(27-3)10-7-14/h6-12H,4-5,13H2,1-3H3. The summed E-state index contributed by atoms with van der Waals surface area (Å²) in [7, 11) is -2.34. The normalized spacial score (nSPS) is 11.3. The summed E-state index contributed by atoms with van der Waals surface area (Å²) < 4.78 is 36.7. The van der Waals surface area contributed by atoms with Crippen molar-refractivity contribution in [2.75, 3.05) is 26.8 Å². The highest BCUT2D eigenvalue weighted by atomic mass is 35.5. The second-order valence-corrected chi connectivity index (χ2v) is 8.28. The number of hydrogen-bond donors (Lipinski definition) is 0. The average Bonchev–Trinajstić information content (AvgIpc) is 2.72. The number of carbonyl (C=O) groups excluding carboxylic acids is 2. The van der Waals surface area contributed by atoms with E-state index in [9.17, 15) is 18.0 Å². The second kappa shape index (κ2) is 9.87. The molecule has 29 heavy (non-hydrogen) atoms. The third kappa shape index (κ3) is 5.35. The maximum atomic E-state index is 12.7. The molecule has 0 aromatic heterocycles. The monoisotopic (exact) mass is 439 g/mol. The second-order valence-electron chi connectivity index (χ2n) is 5.96. The Kier molecular flexibility index (Phi) is 7.78. The Bertz CT molecular complexity index is 985. The Morgan fingerprint density at radius 2 is 1.59 bits per heavy atom. The lowest BCUT2D eigenvalue weighted by Crippen LogP contribution is -2.31. The number of esters is 1. The predicted octanol–water partition coefficient (Wildman–Crippen LogP) is 3.42. The van der Waals surface area contributed by atoms with Crippen molar-refractivity contribution in [1.29, 1.82) is 0 Å². The molecule has 0 N–H and O–H groups in total. The zero-order valence-corrected chi connectivity index (χ0v) is 17.9. The fourth-order valence-corrected chi connectivity index (χ4v) is 4.56. The van der Waals surface area contributed by atoms with E-state index in [0.717, 1.165) is 6.07 Å². The summed E-state index contributed by atoms with van der Waals surface area (Å²) in [6.07, 6.45) is 0. The van der Waals surface area contributed by atoms with Crippen LogP contribution in [0.1, 0.15) is 34.6 Å². The summed E-state index contributed by atoms with van der Waals surface area (Å²) in [4.78, 5) is 24.3. The molecule has 0 fully saturated rings. The summed E-state index contributed by atoms with van der Waals surface area (Å²) in [5.41, 5.74) is 0.349. The molecule has 0 aliphatic carbocycles. The summed E-state index contributed by atoms with van der Waals surface area (Å²) in [5.74, 6) is -0.618. The molecular weight excluding hydrogens is 418 g/mol. The number of carbonyl (C=O) groups is 2. The van der Waals surface area contributed by atoms with Gasteiger partial charge in [0.1, 0.15) is 10.6 Å². The van der Waals surface area contributed by atoms with Crippen molar-refractivity contribution in [2.24, 2.45) is 0 Å². The fourth-order valence-electron chi connectivity index (χ4n) is 2.61. The van der Waals surface area contributed by atoms with Gasteiger partial charge in [-0.15, -0.1) is 0 Å². The van der Waals surface area contributed by atoms with E-state index in [1.54, 1.807) is 38.1 Å². The molecule has 0 aliphatic rings. The molecule has 0 aliphatic heterocycles. The Labute approximate surface area is 175 Å². The van der Waals surface area contributed by atoms with E-state index in [1.807, 2.05) is 0 Å².